The molecule has 2 aromatic heterocycles. The maximum atomic E-state index is 13.1. The maximum absolute atomic E-state index is 13.1. The third-order valence-electron chi connectivity index (χ3n) is 3.43. The molecule has 108 valence electrons. The molecule has 1 aliphatic rings. The highest BCUT2D eigenvalue weighted by molar-refractivity contribution is 5.66. The number of aromatic nitrogens is 3. The van der Waals surface area contributed by atoms with Crippen LogP contribution in [0.3, 0.4) is 0 Å². The first-order chi connectivity index (χ1) is 10.2. The van der Waals surface area contributed by atoms with Gasteiger partial charge in [0.1, 0.15) is 0 Å². The molecule has 0 radical (unpaired) electrons. The van der Waals surface area contributed by atoms with Crippen LogP contribution in [0.1, 0.15) is 19.2 Å². The van der Waals surface area contributed by atoms with Crippen LogP contribution in [0.4, 0.5) is 4.39 Å². The fourth-order valence-corrected chi connectivity index (χ4v) is 2.21. The molecule has 5 nitrogen and oxygen atoms in total. The Hall–Kier alpha value is -2.34. The molecular formula is C15H14FN3O2. The molecule has 3 rings (SSSR count). The van der Waals surface area contributed by atoms with Crippen molar-refractivity contribution in [1.82, 2.24) is 15.1 Å². The van der Waals surface area contributed by atoms with E-state index < -0.39 is 5.95 Å². The predicted molar refractivity (Wildman–Crippen MR) is 74.6 cm³/mol. The molecule has 0 N–H and O–H groups in total. The molecule has 0 bridgehead atoms. The van der Waals surface area contributed by atoms with Crippen LogP contribution < -0.4 is 0 Å². The number of ether oxygens (including phenoxy) is 1. The number of nitrogens with zero attached hydrogens (tertiary/aromatic N) is 3. The molecule has 0 aromatic carbocycles. The van der Waals surface area contributed by atoms with Crippen molar-refractivity contribution in [2.45, 2.75) is 19.4 Å². The molecule has 1 unspecified atom stereocenters. The minimum atomic E-state index is -0.581. The van der Waals surface area contributed by atoms with Crippen LogP contribution in [0.15, 0.2) is 40.6 Å². The summed E-state index contributed by atoms with van der Waals surface area (Å²) in [6.45, 7) is 2.02. The van der Waals surface area contributed by atoms with Crippen molar-refractivity contribution in [2.24, 2.45) is 0 Å². The lowest BCUT2D eigenvalue weighted by molar-refractivity contribution is 0.135. The molecular weight excluding hydrogens is 273 g/mol. The summed E-state index contributed by atoms with van der Waals surface area (Å²) >= 11 is 0. The van der Waals surface area contributed by atoms with Gasteiger partial charge in [0.15, 0.2) is 5.82 Å². The Morgan fingerprint density at radius 3 is 3.00 bits per heavy atom. The van der Waals surface area contributed by atoms with Gasteiger partial charge in [-0.2, -0.15) is 9.37 Å². The third-order valence-corrected chi connectivity index (χ3v) is 3.43. The summed E-state index contributed by atoms with van der Waals surface area (Å²) in [5.41, 5.74) is 2.59. The summed E-state index contributed by atoms with van der Waals surface area (Å²) in [5, 5.41) is 3.96. The number of rotatable bonds is 3. The molecule has 1 aliphatic carbocycles. The van der Waals surface area contributed by atoms with E-state index in [2.05, 4.69) is 15.1 Å². The molecule has 0 saturated carbocycles. The molecule has 21 heavy (non-hydrogen) atoms. The van der Waals surface area contributed by atoms with Gasteiger partial charge in [0, 0.05) is 36.9 Å². The van der Waals surface area contributed by atoms with E-state index in [1.54, 1.807) is 13.2 Å². The fraction of sp³-hybridized carbons (Fsp3) is 0.267. The topological polar surface area (TPSA) is 61.0 Å². The van der Waals surface area contributed by atoms with E-state index in [9.17, 15) is 4.39 Å². The van der Waals surface area contributed by atoms with Gasteiger partial charge in [-0.05, 0) is 18.6 Å². The zero-order valence-corrected chi connectivity index (χ0v) is 11.7. The standard InChI is InChI=1S/C15H14FN3O2/c1-9-3-4-10(7-12(9)20-2)14-18-15(21-19-14)11-5-6-17-13(16)8-11/h3-6,8,12H,7H2,1-2H3. The second kappa shape index (κ2) is 5.57. The van der Waals surface area contributed by atoms with Crippen LogP contribution in [-0.4, -0.2) is 28.3 Å². The van der Waals surface area contributed by atoms with Crippen LogP contribution in [0, 0.1) is 5.95 Å². The number of pyridine rings is 1. The molecule has 0 spiro atoms. The van der Waals surface area contributed by atoms with Crippen LogP contribution >= 0.6 is 0 Å². The van der Waals surface area contributed by atoms with Gasteiger partial charge in [-0.15, -0.1) is 0 Å². The van der Waals surface area contributed by atoms with Gasteiger partial charge in [0.25, 0.3) is 5.89 Å². The molecule has 0 saturated heterocycles. The van der Waals surface area contributed by atoms with Gasteiger partial charge in [-0.1, -0.05) is 17.3 Å². The number of allylic oxidation sites excluding steroid dienone is 2. The summed E-state index contributed by atoms with van der Waals surface area (Å²) in [6.07, 6.45) is 6.00. The third kappa shape index (κ3) is 2.75. The van der Waals surface area contributed by atoms with E-state index in [4.69, 9.17) is 9.26 Å². The van der Waals surface area contributed by atoms with Crippen LogP contribution in [0.2, 0.25) is 0 Å². The number of hydrogen-bond acceptors (Lipinski definition) is 5. The van der Waals surface area contributed by atoms with Crippen molar-refractivity contribution in [3.05, 3.63) is 47.8 Å². The van der Waals surface area contributed by atoms with Crippen molar-refractivity contribution in [3.8, 4) is 11.5 Å². The quantitative estimate of drug-likeness (QED) is 0.812. The Balaban J connectivity index is 1.89. The summed E-state index contributed by atoms with van der Waals surface area (Å²) < 4.78 is 23.7. The normalized spacial score (nSPS) is 18.3. The Morgan fingerprint density at radius 1 is 1.38 bits per heavy atom. The lowest BCUT2D eigenvalue weighted by Gasteiger charge is -2.19. The first kappa shape index (κ1) is 13.6. The van der Waals surface area contributed by atoms with Crippen LogP contribution in [0.5, 0.6) is 0 Å². The average molecular weight is 287 g/mol. The van der Waals surface area contributed by atoms with E-state index in [1.165, 1.54) is 12.3 Å². The number of halogens is 1. The second-order valence-corrected chi connectivity index (χ2v) is 4.82. The fourth-order valence-electron chi connectivity index (χ4n) is 2.21. The smallest absolute Gasteiger partial charge is 0.258 e. The SMILES string of the molecule is COC1CC(c2noc(-c3ccnc(F)c3)n2)=CC=C1C. The van der Waals surface area contributed by atoms with Crippen molar-refractivity contribution in [3.63, 3.8) is 0 Å². The van der Waals surface area contributed by atoms with E-state index in [0.717, 1.165) is 11.1 Å². The van der Waals surface area contributed by atoms with Crippen molar-refractivity contribution < 1.29 is 13.7 Å². The Kier molecular flexibility index (Phi) is 3.62. The largest absolute Gasteiger partial charge is 0.377 e. The van der Waals surface area contributed by atoms with Gasteiger partial charge in [-0.25, -0.2) is 4.98 Å². The van der Waals surface area contributed by atoms with Gasteiger partial charge >= 0.3 is 0 Å². The first-order valence-electron chi connectivity index (χ1n) is 6.53. The Bertz CT molecular complexity index is 721. The monoisotopic (exact) mass is 287 g/mol. The van der Waals surface area contributed by atoms with E-state index in [0.29, 0.717) is 17.8 Å². The minimum absolute atomic E-state index is 0.0188. The van der Waals surface area contributed by atoms with Gasteiger partial charge < -0.3 is 9.26 Å². The van der Waals surface area contributed by atoms with Crippen LogP contribution in [0.25, 0.3) is 17.0 Å². The highest BCUT2D eigenvalue weighted by Gasteiger charge is 2.20. The molecule has 0 amide bonds. The molecule has 2 aromatic rings. The zero-order chi connectivity index (χ0) is 14.8. The summed E-state index contributed by atoms with van der Waals surface area (Å²) in [7, 11) is 1.67. The highest BCUT2D eigenvalue weighted by Crippen LogP contribution is 2.28. The van der Waals surface area contributed by atoms with Crippen molar-refractivity contribution in [1.29, 1.82) is 0 Å². The summed E-state index contributed by atoms with van der Waals surface area (Å²) in [6, 6.07) is 2.88. The average Bonchev–Trinajstić information content (AvgIpc) is 2.97. The van der Waals surface area contributed by atoms with Crippen molar-refractivity contribution >= 4 is 5.57 Å². The molecule has 2 heterocycles. The number of hydrogen-bond donors (Lipinski definition) is 0. The Morgan fingerprint density at radius 2 is 2.24 bits per heavy atom. The first-order valence-corrected chi connectivity index (χ1v) is 6.53. The molecule has 6 heteroatoms. The Labute approximate surface area is 121 Å². The lowest BCUT2D eigenvalue weighted by atomic mass is 9.96. The van der Waals surface area contributed by atoms with E-state index in [-0.39, 0.29) is 12.0 Å². The minimum Gasteiger partial charge on any atom is -0.377 e. The van der Waals surface area contributed by atoms with Gasteiger partial charge in [-0.3, -0.25) is 0 Å². The van der Waals surface area contributed by atoms with E-state index >= 15 is 0 Å². The maximum Gasteiger partial charge on any atom is 0.258 e. The highest BCUT2D eigenvalue weighted by atomic mass is 19.1. The lowest BCUT2D eigenvalue weighted by Crippen LogP contribution is -2.15. The predicted octanol–water partition coefficient (Wildman–Crippen LogP) is 3.02. The van der Waals surface area contributed by atoms with Gasteiger partial charge in [0.2, 0.25) is 5.95 Å². The van der Waals surface area contributed by atoms with Gasteiger partial charge in [0.05, 0.1) is 6.10 Å². The molecule has 0 fully saturated rings. The molecule has 1 atom stereocenters. The summed E-state index contributed by atoms with van der Waals surface area (Å²) in [4.78, 5) is 7.81. The second-order valence-electron chi connectivity index (χ2n) is 4.82. The zero-order valence-electron chi connectivity index (χ0n) is 11.7. The molecule has 0 aliphatic heterocycles. The van der Waals surface area contributed by atoms with E-state index in [1.807, 2.05) is 19.1 Å². The number of methoxy groups -OCH3 is 1. The van der Waals surface area contributed by atoms with Crippen LogP contribution in [-0.2, 0) is 4.74 Å². The van der Waals surface area contributed by atoms with Crippen molar-refractivity contribution in [2.75, 3.05) is 7.11 Å². The summed E-state index contributed by atoms with van der Waals surface area (Å²) in [5.74, 6) is 0.183.